The summed E-state index contributed by atoms with van der Waals surface area (Å²) < 4.78 is 17.3. The predicted octanol–water partition coefficient (Wildman–Crippen LogP) is 5.01. The Balaban J connectivity index is 1.67. The van der Waals surface area contributed by atoms with Crippen molar-refractivity contribution < 1.29 is 34.0 Å². The minimum atomic E-state index is -0.720. The number of halogens is 1. The molecule has 9 heteroatoms. The number of fused-ring (bicyclic) bond motifs is 1. The molecule has 0 unspecified atom stereocenters. The van der Waals surface area contributed by atoms with E-state index in [1.54, 1.807) is 31.4 Å². The molecule has 0 atom stereocenters. The van der Waals surface area contributed by atoms with Gasteiger partial charge in [0.05, 0.1) is 11.6 Å². The van der Waals surface area contributed by atoms with Gasteiger partial charge in [0.15, 0.2) is 18.2 Å². The van der Waals surface area contributed by atoms with Gasteiger partial charge >= 0.3 is 0 Å². The molecule has 0 aliphatic carbocycles. The number of hydrogen-bond donors (Lipinski definition) is 3. The number of ketones is 1. The first-order valence-corrected chi connectivity index (χ1v) is 11.1. The summed E-state index contributed by atoms with van der Waals surface area (Å²) in [5.74, 6) is -0.885. The lowest BCUT2D eigenvalue weighted by Crippen LogP contribution is -2.15. The van der Waals surface area contributed by atoms with Crippen LogP contribution < -0.4 is 14.9 Å². The van der Waals surface area contributed by atoms with E-state index in [1.165, 1.54) is 36.4 Å². The molecular weight excluding hydrogens is 520 g/mol. The lowest BCUT2D eigenvalue weighted by atomic mass is 10.1. The summed E-state index contributed by atoms with van der Waals surface area (Å²) in [6.07, 6.45) is 2.90. The largest absolute Gasteiger partial charge is 0.508 e. The van der Waals surface area contributed by atoms with Gasteiger partial charge < -0.3 is 29.2 Å². The third-order valence-corrected chi connectivity index (χ3v) is 5.66. The molecule has 4 rings (SSSR count). The number of rotatable bonds is 7. The van der Waals surface area contributed by atoms with Crippen LogP contribution in [0.15, 0.2) is 74.4 Å². The van der Waals surface area contributed by atoms with E-state index in [-0.39, 0.29) is 34.0 Å². The molecule has 178 valence electrons. The van der Waals surface area contributed by atoms with Crippen molar-refractivity contribution in [3.8, 4) is 40.1 Å². The fourth-order valence-electron chi connectivity index (χ4n) is 3.37. The molecule has 3 N–H and O–H groups in total. The summed E-state index contributed by atoms with van der Waals surface area (Å²) in [6.45, 7) is -0.478. The SMILES string of the molecule is COc1ccc(/C=C/C(=O)COc2c(-c3ccc(O)cc3)oc3cc(O)cc(O)c3c2=O)cc1Br. The maximum absolute atomic E-state index is 13.2. The molecule has 35 heavy (non-hydrogen) atoms. The van der Waals surface area contributed by atoms with Crippen LogP contribution in [-0.2, 0) is 4.79 Å². The molecule has 0 radical (unpaired) electrons. The van der Waals surface area contributed by atoms with Crippen LogP contribution in [0.3, 0.4) is 0 Å². The molecule has 0 amide bonds. The molecule has 0 saturated heterocycles. The fourth-order valence-corrected chi connectivity index (χ4v) is 3.93. The van der Waals surface area contributed by atoms with E-state index in [2.05, 4.69) is 15.9 Å². The van der Waals surface area contributed by atoms with Gasteiger partial charge in [-0.1, -0.05) is 12.1 Å². The number of aromatic hydroxyl groups is 3. The van der Waals surface area contributed by atoms with Gasteiger partial charge in [-0.3, -0.25) is 9.59 Å². The third-order valence-electron chi connectivity index (χ3n) is 5.04. The van der Waals surface area contributed by atoms with Crippen molar-refractivity contribution in [3.05, 3.63) is 80.9 Å². The second-order valence-corrected chi connectivity index (χ2v) is 8.31. The van der Waals surface area contributed by atoms with E-state index in [4.69, 9.17) is 13.9 Å². The van der Waals surface area contributed by atoms with Crippen LogP contribution in [0, 0.1) is 0 Å². The van der Waals surface area contributed by atoms with Gasteiger partial charge in [-0.25, -0.2) is 0 Å². The van der Waals surface area contributed by atoms with Crippen LogP contribution >= 0.6 is 15.9 Å². The average molecular weight is 539 g/mol. The Bertz CT molecular complexity index is 1500. The van der Waals surface area contributed by atoms with E-state index in [0.29, 0.717) is 11.3 Å². The maximum atomic E-state index is 13.2. The molecule has 0 bridgehead atoms. The number of hydrogen-bond acceptors (Lipinski definition) is 8. The Morgan fingerprint density at radius 3 is 2.46 bits per heavy atom. The summed E-state index contributed by atoms with van der Waals surface area (Å²) in [5, 5.41) is 29.4. The van der Waals surface area contributed by atoms with Crippen LogP contribution in [-0.4, -0.2) is 34.8 Å². The highest BCUT2D eigenvalue weighted by molar-refractivity contribution is 9.10. The van der Waals surface area contributed by atoms with Gasteiger partial charge in [-0.15, -0.1) is 0 Å². The minimum Gasteiger partial charge on any atom is -0.508 e. The van der Waals surface area contributed by atoms with Gasteiger partial charge in [-0.2, -0.15) is 0 Å². The summed E-state index contributed by atoms with van der Waals surface area (Å²) >= 11 is 3.38. The zero-order chi connectivity index (χ0) is 25.1. The van der Waals surface area contributed by atoms with E-state index in [9.17, 15) is 24.9 Å². The number of phenolic OH excluding ortho intramolecular Hbond substituents is 3. The quantitative estimate of drug-likeness (QED) is 0.280. The first-order chi connectivity index (χ1) is 16.8. The van der Waals surface area contributed by atoms with Crippen molar-refractivity contribution >= 4 is 38.8 Å². The molecular formula is C26H19BrO8. The topological polar surface area (TPSA) is 126 Å². The molecule has 8 nitrogen and oxygen atoms in total. The molecule has 0 aliphatic rings. The molecule has 0 aliphatic heterocycles. The zero-order valence-electron chi connectivity index (χ0n) is 18.3. The van der Waals surface area contributed by atoms with Crippen LogP contribution in [0.5, 0.6) is 28.7 Å². The van der Waals surface area contributed by atoms with E-state index in [0.717, 1.165) is 16.1 Å². The van der Waals surface area contributed by atoms with E-state index in [1.807, 2.05) is 0 Å². The third kappa shape index (κ3) is 5.15. The minimum absolute atomic E-state index is 0.000118. The van der Waals surface area contributed by atoms with Crippen LogP contribution in [0.2, 0.25) is 0 Å². The highest BCUT2D eigenvalue weighted by Crippen LogP contribution is 2.36. The van der Waals surface area contributed by atoms with E-state index >= 15 is 0 Å². The normalized spacial score (nSPS) is 11.1. The summed E-state index contributed by atoms with van der Waals surface area (Å²) in [5.41, 5.74) is 0.332. The van der Waals surface area contributed by atoms with Gasteiger partial charge in [0.25, 0.3) is 0 Å². The Hall–Kier alpha value is -4.24. The molecule has 3 aromatic carbocycles. The summed E-state index contributed by atoms with van der Waals surface area (Å²) in [4.78, 5) is 25.7. The van der Waals surface area contributed by atoms with Crippen molar-refractivity contribution in [2.24, 2.45) is 0 Å². The maximum Gasteiger partial charge on any atom is 0.239 e. The van der Waals surface area contributed by atoms with Crippen LogP contribution in [0.4, 0.5) is 0 Å². The lowest BCUT2D eigenvalue weighted by molar-refractivity contribution is -0.116. The van der Waals surface area contributed by atoms with Gasteiger partial charge in [0.1, 0.15) is 34.0 Å². The Morgan fingerprint density at radius 2 is 1.77 bits per heavy atom. The number of carbonyl (C=O) groups excluding carboxylic acids is 1. The monoisotopic (exact) mass is 538 g/mol. The number of ether oxygens (including phenoxy) is 2. The molecule has 4 aromatic rings. The molecule has 0 saturated carbocycles. The number of carbonyl (C=O) groups is 1. The Kier molecular flexibility index (Phi) is 6.79. The van der Waals surface area contributed by atoms with Crippen molar-refractivity contribution in [2.45, 2.75) is 0 Å². The number of benzene rings is 3. The number of methoxy groups -OCH3 is 1. The molecule has 1 aromatic heterocycles. The molecule has 0 spiro atoms. The first kappa shape index (κ1) is 23.9. The van der Waals surface area contributed by atoms with E-state index < -0.39 is 23.6 Å². The second-order valence-electron chi connectivity index (χ2n) is 7.46. The highest BCUT2D eigenvalue weighted by Gasteiger charge is 2.21. The average Bonchev–Trinajstić information content (AvgIpc) is 2.82. The van der Waals surface area contributed by atoms with Crippen LogP contribution in [0.25, 0.3) is 28.4 Å². The van der Waals surface area contributed by atoms with Crippen LogP contribution in [0.1, 0.15) is 5.56 Å². The molecule has 0 fully saturated rings. The fraction of sp³-hybridized carbons (Fsp3) is 0.0769. The standard InChI is InChI=1S/C26H19BrO8/c1-33-21-9-3-14(10-19(21)27)2-6-17(29)13-34-26-24(32)23-20(31)11-18(30)12-22(23)35-25(26)15-4-7-16(28)8-5-15/h2-12,28,30-31H,13H2,1H3/b6-2+. The highest BCUT2D eigenvalue weighted by atomic mass is 79.9. The van der Waals surface area contributed by atoms with Crippen molar-refractivity contribution in [1.29, 1.82) is 0 Å². The van der Waals surface area contributed by atoms with Gasteiger partial charge in [-0.05, 0) is 64.0 Å². The Labute approximate surface area is 207 Å². The van der Waals surface area contributed by atoms with Gasteiger partial charge in [0, 0.05) is 17.7 Å². The Morgan fingerprint density at radius 1 is 1.03 bits per heavy atom. The lowest BCUT2D eigenvalue weighted by Gasteiger charge is -2.12. The first-order valence-electron chi connectivity index (χ1n) is 10.3. The summed E-state index contributed by atoms with van der Waals surface area (Å²) in [6, 6.07) is 13.3. The zero-order valence-corrected chi connectivity index (χ0v) is 19.9. The van der Waals surface area contributed by atoms with Crippen molar-refractivity contribution in [3.63, 3.8) is 0 Å². The second kappa shape index (κ2) is 9.94. The molecule has 1 heterocycles. The van der Waals surface area contributed by atoms with Crippen molar-refractivity contribution in [2.75, 3.05) is 13.7 Å². The van der Waals surface area contributed by atoms with Gasteiger partial charge in [0.2, 0.25) is 11.2 Å². The predicted molar refractivity (Wildman–Crippen MR) is 133 cm³/mol. The summed E-state index contributed by atoms with van der Waals surface area (Å²) in [7, 11) is 1.55. The smallest absolute Gasteiger partial charge is 0.239 e. The number of phenols is 3. The van der Waals surface area contributed by atoms with Crippen molar-refractivity contribution in [1.82, 2.24) is 0 Å².